The maximum Gasteiger partial charge on any atom is 0.193 e. The molecule has 1 unspecified atom stereocenters. The van der Waals surface area contributed by atoms with Crippen molar-refractivity contribution in [2.75, 3.05) is 31.3 Å². The zero-order valence-corrected chi connectivity index (χ0v) is 12.0. The number of methoxy groups -OCH3 is 1. The summed E-state index contributed by atoms with van der Waals surface area (Å²) in [6.07, 6.45) is 2.56. The molecule has 2 N–H and O–H groups in total. The number of rotatable bonds is 8. The van der Waals surface area contributed by atoms with Crippen LogP contribution in [-0.4, -0.2) is 41.1 Å². The minimum Gasteiger partial charge on any atom is -0.490 e. The maximum atomic E-state index is 9.02. The van der Waals surface area contributed by atoms with E-state index in [-0.39, 0.29) is 12.5 Å². The predicted octanol–water partition coefficient (Wildman–Crippen LogP) is 2.03. The third-order valence-corrected chi connectivity index (χ3v) is 3.63. The Labute approximate surface area is 112 Å². The van der Waals surface area contributed by atoms with Crippen molar-refractivity contribution in [3.8, 4) is 5.75 Å². The second-order valence-corrected chi connectivity index (χ2v) is 5.09. The number of aliphatic hydroxyl groups excluding tert-OH is 1. The van der Waals surface area contributed by atoms with E-state index in [2.05, 4.69) is 22.2 Å². The zero-order chi connectivity index (χ0) is 13.4. The topological polar surface area (TPSA) is 67.3 Å². The van der Waals surface area contributed by atoms with Gasteiger partial charge in [-0.05, 0) is 12.3 Å². The summed E-state index contributed by atoms with van der Waals surface area (Å²) in [4.78, 5) is 8.41. The summed E-state index contributed by atoms with van der Waals surface area (Å²) in [7, 11) is 1.62. The van der Waals surface area contributed by atoms with E-state index in [1.807, 2.05) is 6.92 Å². The second-order valence-electron chi connectivity index (χ2n) is 4.09. The lowest BCUT2D eigenvalue weighted by atomic mass is 10.2. The number of anilines is 1. The molecule has 18 heavy (non-hydrogen) atoms. The molecule has 1 aromatic heterocycles. The fraction of sp³-hybridized carbons (Fsp3) is 0.667. The largest absolute Gasteiger partial charge is 0.490 e. The van der Waals surface area contributed by atoms with Gasteiger partial charge >= 0.3 is 0 Å². The van der Waals surface area contributed by atoms with Crippen molar-refractivity contribution in [1.82, 2.24) is 9.97 Å². The van der Waals surface area contributed by atoms with E-state index in [1.54, 1.807) is 18.9 Å². The maximum absolute atomic E-state index is 9.02. The molecule has 1 aromatic rings. The van der Waals surface area contributed by atoms with Gasteiger partial charge in [-0.2, -0.15) is 0 Å². The van der Waals surface area contributed by atoms with Crippen LogP contribution in [0.1, 0.15) is 20.3 Å². The molecule has 1 heterocycles. The fourth-order valence-electron chi connectivity index (χ4n) is 1.29. The van der Waals surface area contributed by atoms with Crippen LogP contribution in [0.3, 0.4) is 0 Å². The van der Waals surface area contributed by atoms with Crippen molar-refractivity contribution >= 4 is 17.6 Å². The van der Waals surface area contributed by atoms with Gasteiger partial charge in [-0.3, -0.25) is 0 Å². The van der Waals surface area contributed by atoms with Crippen LogP contribution in [0.2, 0.25) is 0 Å². The number of aliphatic hydroxyl groups is 1. The van der Waals surface area contributed by atoms with Gasteiger partial charge < -0.3 is 15.2 Å². The molecule has 0 spiro atoms. The number of hydrogen-bond acceptors (Lipinski definition) is 6. The van der Waals surface area contributed by atoms with Crippen molar-refractivity contribution in [2.45, 2.75) is 25.3 Å². The van der Waals surface area contributed by atoms with Gasteiger partial charge in [0.25, 0.3) is 0 Å². The summed E-state index contributed by atoms with van der Waals surface area (Å²) in [5.41, 5.74) is 0. The Bertz CT molecular complexity index is 363. The third kappa shape index (κ3) is 4.34. The molecule has 0 radical (unpaired) electrons. The van der Waals surface area contributed by atoms with Gasteiger partial charge in [-0.1, -0.05) is 13.8 Å². The lowest BCUT2D eigenvalue weighted by Gasteiger charge is -2.13. The predicted molar refractivity (Wildman–Crippen MR) is 74.3 cm³/mol. The lowest BCUT2D eigenvalue weighted by molar-refractivity contribution is 0.250. The molecule has 0 aliphatic carbocycles. The molecule has 5 nitrogen and oxygen atoms in total. The van der Waals surface area contributed by atoms with Crippen LogP contribution in [0.15, 0.2) is 11.4 Å². The highest BCUT2D eigenvalue weighted by atomic mass is 32.2. The van der Waals surface area contributed by atoms with E-state index in [1.165, 1.54) is 6.33 Å². The molecular formula is C12H21N3O2S. The molecule has 1 rings (SSSR count). The van der Waals surface area contributed by atoms with Crippen molar-refractivity contribution in [3.05, 3.63) is 6.33 Å². The number of ether oxygens (including phenoxy) is 1. The number of aromatic nitrogens is 2. The number of nitrogens with zero attached hydrogens (tertiary/aromatic N) is 2. The first-order chi connectivity index (χ1) is 8.72. The van der Waals surface area contributed by atoms with Gasteiger partial charge in [0.2, 0.25) is 0 Å². The van der Waals surface area contributed by atoms with Crippen LogP contribution in [-0.2, 0) is 0 Å². The highest BCUT2D eigenvalue weighted by molar-refractivity contribution is 7.99. The number of nitrogens with one attached hydrogen (secondary N) is 1. The highest BCUT2D eigenvalue weighted by Crippen LogP contribution is 2.33. The molecule has 6 heteroatoms. The first kappa shape index (κ1) is 15.0. The van der Waals surface area contributed by atoms with E-state index in [4.69, 9.17) is 9.84 Å². The monoisotopic (exact) mass is 271 g/mol. The molecule has 0 amide bonds. The second kappa shape index (κ2) is 8.16. The van der Waals surface area contributed by atoms with Gasteiger partial charge in [0.05, 0.1) is 7.11 Å². The molecule has 0 aromatic carbocycles. The van der Waals surface area contributed by atoms with Crippen LogP contribution in [0.5, 0.6) is 5.75 Å². The van der Waals surface area contributed by atoms with Crippen LogP contribution in [0, 0.1) is 5.92 Å². The third-order valence-electron chi connectivity index (χ3n) is 2.33. The first-order valence-corrected chi connectivity index (χ1v) is 7.08. The van der Waals surface area contributed by atoms with E-state index in [0.29, 0.717) is 5.75 Å². The Morgan fingerprint density at radius 1 is 1.50 bits per heavy atom. The van der Waals surface area contributed by atoms with E-state index in [0.717, 1.165) is 29.6 Å². The molecule has 0 aliphatic heterocycles. The van der Waals surface area contributed by atoms with Gasteiger partial charge in [0, 0.05) is 18.9 Å². The molecule has 1 atom stereocenters. The number of thioether (sulfide) groups is 1. The smallest absolute Gasteiger partial charge is 0.193 e. The van der Waals surface area contributed by atoms with Gasteiger partial charge in [-0.15, -0.1) is 11.8 Å². The first-order valence-electron chi connectivity index (χ1n) is 6.09. The minimum absolute atomic E-state index is 0.182. The molecule has 102 valence electrons. The van der Waals surface area contributed by atoms with E-state index < -0.39 is 0 Å². The molecule has 0 saturated carbocycles. The van der Waals surface area contributed by atoms with Gasteiger partial charge in [-0.25, -0.2) is 9.97 Å². The SMILES string of the molecule is CCCNc1ncnc(SCC(C)CO)c1OC. The molecule has 0 bridgehead atoms. The zero-order valence-electron chi connectivity index (χ0n) is 11.1. The molecule has 0 aliphatic rings. The van der Waals surface area contributed by atoms with Gasteiger partial charge in [0.15, 0.2) is 11.6 Å². The Kier molecular flexibility index (Phi) is 6.82. The normalized spacial score (nSPS) is 12.2. The standard InChI is InChI=1S/C12H21N3O2S/c1-4-5-13-11-10(17-3)12(15-8-14-11)18-7-9(2)6-16/h8-9,16H,4-7H2,1-3H3,(H,13,14,15). The Hall–Kier alpha value is -1.01. The summed E-state index contributed by atoms with van der Waals surface area (Å²) >= 11 is 1.58. The fourth-order valence-corrected chi connectivity index (χ4v) is 2.27. The quantitative estimate of drug-likeness (QED) is 0.557. The minimum atomic E-state index is 0.182. The van der Waals surface area contributed by atoms with Crippen LogP contribution in [0.4, 0.5) is 5.82 Å². The van der Waals surface area contributed by atoms with Crippen molar-refractivity contribution in [3.63, 3.8) is 0 Å². The average molecular weight is 271 g/mol. The number of hydrogen-bond donors (Lipinski definition) is 2. The summed E-state index contributed by atoms with van der Waals surface area (Å²) in [5.74, 6) is 2.45. The summed E-state index contributed by atoms with van der Waals surface area (Å²) in [6, 6.07) is 0. The van der Waals surface area contributed by atoms with Crippen molar-refractivity contribution < 1.29 is 9.84 Å². The Balaban J connectivity index is 2.77. The van der Waals surface area contributed by atoms with E-state index >= 15 is 0 Å². The molecule has 0 fully saturated rings. The molecule has 0 saturated heterocycles. The summed E-state index contributed by atoms with van der Waals surface area (Å²) < 4.78 is 5.37. The Morgan fingerprint density at radius 2 is 2.28 bits per heavy atom. The lowest BCUT2D eigenvalue weighted by Crippen LogP contribution is -2.07. The van der Waals surface area contributed by atoms with Crippen molar-refractivity contribution in [1.29, 1.82) is 0 Å². The van der Waals surface area contributed by atoms with Crippen molar-refractivity contribution in [2.24, 2.45) is 5.92 Å². The Morgan fingerprint density at radius 3 is 2.89 bits per heavy atom. The highest BCUT2D eigenvalue weighted by Gasteiger charge is 2.13. The van der Waals surface area contributed by atoms with Crippen LogP contribution >= 0.6 is 11.8 Å². The average Bonchev–Trinajstić information content (AvgIpc) is 2.42. The van der Waals surface area contributed by atoms with E-state index in [9.17, 15) is 0 Å². The summed E-state index contributed by atoms with van der Waals surface area (Å²) in [6.45, 7) is 5.13. The summed E-state index contributed by atoms with van der Waals surface area (Å²) in [5, 5.41) is 13.0. The van der Waals surface area contributed by atoms with Crippen LogP contribution in [0.25, 0.3) is 0 Å². The van der Waals surface area contributed by atoms with Gasteiger partial charge in [0.1, 0.15) is 11.4 Å². The van der Waals surface area contributed by atoms with Crippen LogP contribution < -0.4 is 10.1 Å². The molecular weight excluding hydrogens is 250 g/mol.